The summed E-state index contributed by atoms with van der Waals surface area (Å²) in [6.07, 6.45) is 3.53. The number of aromatic hydroxyl groups is 1. The molecule has 0 aliphatic rings. The second-order valence-corrected chi connectivity index (χ2v) is 12.2. The topological polar surface area (TPSA) is 154 Å². The van der Waals surface area contributed by atoms with Gasteiger partial charge in [-0.15, -0.1) is 0 Å². The minimum atomic E-state index is -4.47. The van der Waals surface area contributed by atoms with Gasteiger partial charge in [0.2, 0.25) is 0 Å². The van der Waals surface area contributed by atoms with E-state index in [4.69, 9.17) is 16.6 Å². The minimum absolute atomic E-state index is 0.227. The summed E-state index contributed by atoms with van der Waals surface area (Å²) in [5.74, 6) is -0.227. The zero-order valence-electron chi connectivity index (χ0n) is 25.0. The predicted octanol–water partition coefficient (Wildman–Crippen LogP) is 5.23. The summed E-state index contributed by atoms with van der Waals surface area (Å²) < 4.78 is 32.7. The maximum Gasteiger partial charge on any atom is 0.124 e. The Kier molecular flexibility index (Phi) is 12.8. The molecule has 226 valence electrons. The molecule has 0 heterocycles. The van der Waals surface area contributed by atoms with Gasteiger partial charge in [0.05, 0.1) is 31.6 Å². The molecule has 0 aromatic heterocycles. The fraction of sp³-hybridized carbons (Fsp3) is 0.419. The molecule has 3 rings (SSSR count). The Morgan fingerprint density at radius 2 is 1.27 bits per heavy atom. The molecule has 3 aromatic carbocycles. The lowest BCUT2D eigenvalue weighted by molar-refractivity contribution is -0.909. The molecule has 0 radical (unpaired) electrons. The van der Waals surface area contributed by atoms with E-state index in [1.54, 1.807) is 0 Å². The van der Waals surface area contributed by atoms with Crippen LogP contribution in [0.5, 0.6) is 5.75 Å². The molecule has 0 aliphatic carbocycles. The summed E-state index contributed by atoms with van der Waals surface area (Å²) in [5, 5.41) is 16.0. The molecule has 0 amide bonds. The van der Waals surface area contributed by atoms with Gasteiger partial charge < -0.3 is 36.2 Å². The van der Waals surface area contributed by atoms with E-state index in [2.05, 4.69) is 62.7 Å². The first kappa shape index (κ1) is 33.7. The number of phenolic OH excluding ortho intramolecular Hbond substituents is 1. The van der Waals surface area contributed by atoms with E-state index in [1.165, 1.54) is 45.1 Å². The van der Waals surface area contributed by atoms with E-state index < -0.39 is 10.1 Å². The number of quaternary nitrogens is 1. The summed E-state index contributed by atoms with van der Waals surface area (Å²) >= 11 is 0. The number of nitrogens with one attached hydrogen (secondary N) is 2. The number of phenols is 1. The highest BCUT2D eigenvalue weighted by Crippen LogP contribution is 2.20. The van der Waals surface area contributed by atoms with Crippen LogP contribution in [0.2, 0.25) is 0 Å². The van der Waals surface area contributed by atoms with Crippen molar-refractivity contribution in [3.8, 4) is 5.75 Å². The largest absolute Gasteiger partial charge is 0.744 e. The number of hydrogen-bond donors (Lipinski definition) is 5. The number of nitrogens with two attached hydrogens (primary N) is 2. The van der Waals surface area contributed by atoms with Crippen LogP contribution >= 0.6 is 0 Å². The lowest BCUT2D eigenvalue weighted by atomic mass is 10.2. The van der Waals surface area contributed by atoms with Gasteiger partial charge in [-0.05, 0) is 92.4 Å². The minimum Gasteiger partial charge on any atom is -0.744 e. The SMILES string of the molecule is CCC[N+](C)(CCCNc1ccc(N)c(C)c1)CCCNc1ccc(N)c(C)c1.Cc1ccc(O)cc1S(=O)(=O)[O-]. The standard InChI is InChI=1S/C24H40N5.C7H8O4S/c1-5-14-29(4,15-6-12-27-21-8-10-23(25)19(2)17-21)16-7-13-28-22-9-11-24(26)20(3)18-22;1-5-2-3-6(8)4-7(5)12(9,10)11/h8-11,17-18,27-28H,5-7,12-16,25-26H2,1-4H3;2-4,8H,1H3,(H,9,10,11)/q+1;/p-1. The van der Waals surface area contributed by atoms with E-state index in [1.807, 2.05) is 12.1 Å². The van der Waals surface area contributed by atoms with Crippen molar-refractivity contribution in [3.63, 3.8) is 0 Å². The van der Waals surface area contributed by atoms with Crippen LogP contribution in [-0.2, 0) is 10.1 Å². The Hall–Kier alpha value is -3.47. The van der Waals surface area contributed by atoms with E-state index in [-0.39, 0.29) is 10.6 Å². The van der Waals surface area contributed by atoms with Crippen LogP contribution in [0.15, 0.2) is 59.5 Å². The predicted molar refractivity (Wildman–Crippen MR) is 169 cm³/mol. The molecule has 0 unspecified atom stereocenters. The number of nitrogens with zero attached hydrogens (tertiary/aromatic N) is 1. The smallest absolute Gasteiger partial charge is 0.124 e. The summed E-state index contributed by atoms with van der Waals surface area (Å²) in [5.41, 5.74) is 18.4. The molecule has 0 aliphatic heterocycles. The highest BCUT2D eigenvalue weighted by Gasteiger charge is 2.19. The normalized spacial score (nSPS) is 11.5. The van der Waals surface area contributed by atoms with Crippen LogP contribution in [-0.4, -0.2) is 62.3 Å². The van der Waals surface area contributed by atoms with Crippen LogP contribution in [0.1, 0.15) is 42.9 Å². The molecule has 0 atom stereocenters. The zero-order valence-corrected chi connectivity index (χ0v) is 25.9. The van der Waals surface area contributed by atoms with Gasteiger partial charge in [0.1, 0.15) is 15.9 Å². The first-order chi connectivity index (χ1) is 19.2. The van der Waals surface area contributed by atoms with Crippen LogP contribution in [0, 0.1) is 20.8 Å². The lowest BCUT2D eigenvalue weighted by Crippen LogP contribution is -2.47. The van der Waals surface area contributed by atoms with Crippen molar-refractivity contribution in [2.24, 2.45) is 0 Å². The third kappa shape index (κ3) is 11.5. The van der Waals surface area contributed by atoms with Gasteiger partial charge in [-0.1, -0.05) is 13.0 Å². The van der Waals surface area contributed by atoms with Crippen LogP contribution in [0.4, 0.5) is 22.7 Å². The molecule has 0 bridgehead atoms. The van der Waals surface area contributed by atoms with Gasteiger partial charge >= 0.3 is 0 Å². The van der Waals surface area contributed by atoms with E-state index in [9.17, 15) is 13.0 Å². The second kappa shape index (κ2) is 15.5. The maximum absolute atomic E-state index is 10.5. The lowest BCUT2D eigenvalue weighted by Gasteiger charge is -2.34. The first-order valence-electron chi connectivity index (χ1n) is 14.0. The Balaban J connectivity index is 0.000000408. The maximum atomic E-state index is 10.5. The second-order valence-electron chi connectivity index (χ2n) is 10.9. The van der Waals surface area contributed by atoms with E-state index >= 15 is 0 Å². The zero-order chi connectivity index (χ0) is 30.6. The third-order valence-corrected chi connectivity index (χ3v) is 8.13. The quantitative estimate of drug-likeness (QED) is 0.0791. The molecule has 41 heavy (non-hydrogen) atoms. The Labute approximate surface area is 245 Å². The van der Waals surface area contributed by atoms with Crippen LogP contribution < -0.4 is 22.1 Å². The Bertz CT molecular complexity index is 1320. The number of aryl methyl sites for hydroxylation is 3. The molecule has 10 heteroatoms. The van der Waals surface area contributed by atoms with Gasteiger partial charge in [-0.3, -0.25) is 0 Å². The molecule has 0 saturated carbocycles. The first-order valence-corrected chi connectivity index (χ1v) is 15.4. The average molecular weight is 586 g/mol. The molecular weight excluding hydrogens is 538 g/mol. The number of rotatable bonds is 13. The van der Waals surface area contributed by atoms with Crippen molar-refractivity contribution in [1.82, 2.24) is 0 Å². The van der Waals surface area contributed by atoms with Gasteiger partial charge in [0.25, 0.3) is 0 Å². The molecule has 9 nitrogen and oxygen atoms in total. The molecule has 0 spiro atoms. The summed E-state index contributed by atoms with van der Waals surface area (Å²) in [6.45, 7) is 13.5. The Morgan fingerprint density at radius 1 is 0.780 bits per heavy atom. The van der Waals surface area contributed by atoms with Gasteiger partial charge in [0, 0.05) is 48.7 Å². The number of nitrogen functional groups attached to an aromatic ring is 2. The number of anilines is 4. The molecular formula is C31H47N5O4S. The molecule has 3 aromatic rings. The van der Waals surface area contributed by atoms with E-state index in [0.29, 0.717) is 5.56 Å². The van der Waals surface area contributed by atoms with Crippen LogP contribution in [0.3, 0.4) is 0 Å². The molecule has 7 N–H and O–H groups in total. The van der Waals surface area contributed by atoms with Crippen molar-refractivity contribution < 1.29 is 22.6 Å². The van der Waals surface area contributed by atoms with Crippen molar-refractivity contribution >= 4 is 32.9 Å². The highest BCUT2D eigenvalue weighted by molar-refractivity contribution is 7.85. The van der Waals surface area contributed by atoms with E-state index in [0.717, 1.165) is 70.4 Å². The number of hydrogen-bond acceptors (Lipinski definition) is 8. The van der Waals surface area contributed by atoms with Crippen molar-refractivity contribution in [2.75, 3.05) is 61.9 Å². The van der Waals surface area contributed by atoms with Gasteiger partial charge in [0.15, 0.2) is 0 Å². The number of benzene rings is 3. The fourth-order valence-corrected chi connectivity index (χ4v) is 5.42. The highest BCUT2D eigenvalue weighted by atomic mass is 32.2. The van der Waals surface area contributed by atoms with Gasteiger partial charge in [-0.25, -0.2) is 8.42 Å². The average Bonchev–Trinajstić information content (AvgIpc) is 2.90. The summed E-state index contributed by atoms with van der Waals surface area (Å²) in [4.78, 5) is -0.373. The fourth-order valence-electron chi connectivity index (χ4n) is 4.69. The summed E-state index contributed by atoms with van der Waals surface area (Å²) in [7, 11) is -2.07. The monoisotopic (exact) mass is 585 g/mol. The Morgan fingerprint density at radius 3 is 1.66 bits per heavy atom. The van der Waals surface area contributed by atoms with Crippen molar-refractivity contribution in [3.05, 3.63) is 71.3 Å². The third-order valence-electron chi connectivity index (χ3n) is 7.15. The molecule has 0 fully saturated rings. The molecule has 0 saturated heterocycles. The summed E-state index contributed by atoms with van der Waals surface area (Å²) in [6, 6.07) is 16.0. The van der Waals surface area contributed by atoms with Crippen molar-refractivity contribution in [2.45, 2.75) is 51.9 Å². The van der Waals surface area contributed by atoms with Gasteiger partial charge in [-0.2, -0.15) is 0 Å². The van der Waals surface area contributed by atoms with Crippen LogP contribution in [0.25, 0.3) is 0 Å². The van der Waals surface area contributed by atoms with Crippen molar-refractivity contribution in [1.29, 1.82) is 0 Å².